The average Bonchev–Trinajstić information content (AvgIpc) is 3.41. The van der Waals surface area contributed by atoms with Gasteiger partial charge in [0.15, 0.2) is 22.3 Å². The number of ether oxygens (including phenoxy) is 2. The number of para-hydroxylation sites is 1. The van der Waals surface area contributed by atoms with Crippen LogP contribution in [-0.2, 0) is 11.3 Å². The van der Waals surface area contributed by atoms with E-state index in [1.807, 2.05) is 85.9 Å². The summed E-state index contributed by atoms with van der Waals surface area (Å²) in [5, 5.41) is 8.38. The van der Waals surface area contributed by atoms with E-state index in [9.17, 15) is 4.79 Å². The number of nitrogens with one attached hydrogen (secondary N) is 1. The molecule has 2 heterocycles. The summed E-state index contributed by atoms with van der Waals surface area (Å²) in [7, 11) is 1.87. The van der Waals surface area contributed by atoms with Gasteiger partial charge in [0.25, 0.3) is 0 Å². The number of nitrogens with zero attached hydrogens (tertiary/aromatic N) is 4. The number of rotatable bonds is 10. The maximum Gasteiger partial charge on any atom is 0.239 e. The van der Waals surface area contributed by atoms with E-state index in [1.54, 1.807) is 0 Å². The van der Waals surface area contributed by atoms with Crippen LogP contribution in [0.15, 0.2) is 48.5 Å². The predicted molar refractivity (Wildman–Crippen MR) is 135 cm³/mol. The van der Waals surface area contributed by atoms with Gasteiger partial charge in [-0.25, -0.2) is 4.68 Å². The fourth-order valence-corrected chi connectivity index (χ4v) is 4.53. The molecule has 8 nitrogen and oxygen atoms in total. The molecule has 0 saturated carbocycles. The zero-order chi connectivity index (χ0) is 24.1. The third-order valence-corrected chi connectivity index (χ3v) is 6.45. The summed E-state index contributed by atoms with van der Waals surface area (Å²) < 4.78 is 14.1. The largest absolute Gasteiger partial charge is 0.490 e. The first kappa shape index (κ1) is 23.6. The highest BCUT2D eigenvalue weighted by molar-refractivity contribution is 7.22. The molecule has 0 bridgehead atoms. The first-order valence-corrected chi connectivity index (χ1v) is 12.1. The molecule has 0 spiro atoms. The number of amides is 1. The quantitative estimate of drug-likeness (QED) is 0.364. The number of hydrogen-bond donors (Lipinski definition) is 1. The van der Waals surface area contributed by atoms with E-state index in [0.717, 1.165) is 32.4 Å². The van der Waals surface area contributed by atoms with Crippen molar-refractivity contribution in [3.05, 3.63) is 59.8 Å². The fraction of sp³-hybridized carbons (Fsp3) is 0.320. The summed E-state index contributed by atoms with van der Waals surface area (Å²) >= 11 is 1.54. The molecule has 1 N–H and O–H groups in total. The maximum atomic E-state index is 12.6. The second-order valence-electron chi connectivity index (χ2n) is 7.76. The van der Waals surface area contributed by atoms with Gasteiger partial charge < -0.3 is 19.7 Å². The molecule has 4 aromatic rings. The molecule has 0 aliphatic carbocycles. The van der Waals surface area contributed by atoms with Gasteiger partial charge in [0.2, 0.25) is 5.91 Å². The van der Waals surface area contributed by atoms with Gasteiger partial charge in [0.1, 0.15) is 0 Å². The SMILES string of the molecule is CCOc1ccc(CNC(=O)CN(C)c2nc3c(s2)c(C)nn3-c2ccccc2)cc1OCC. The van der Waals surface area contributed by atoms with E-state index in [2.05, 4.69) is 10.4 Å². The standard InChI is InChI=1S/C25H29N5O3S/c1-5-32-20-13-12-18(14-21(20)33-6-2)15-26-22(31)16-29(4)25-27-24-23(34-25)17(3)28-30(24)19-10-8-7-9-11-19/h7-14H,5-6,15-16H2,1-4H3,(H,26,31). The number of fused-ring (bicyclic) bond motifs is 1. The van der Waals surface area contributed by atoms with Crippen LogP contribution in [0.4, 0.5) is 5.13 Å². The minimum atomic E-state index is -0.0880. The molecule has 0 aliphatic rings. The first-order valence-electron chi connectivity index (χ1n) is 11.3. The maximum absolute atomic E-state index is 12.6. The molecule has 0 radical (unpaired) electrons. The van der Waals surface area contributed by atoms with Crippen LogP contribution in [0.1, 0.15) is 25.1 Å². The van der Waals surface area contributed by atoms with Crippen molar-refractivity contribution in [3.63, 3.8) is 0 Å². The normalized spacial score (nSPS) is 10.9. The first-order chi connectivity index (χ1) is 16.5. The van der Waals surface area contributed by atoms with E-state index in [0.29, 0.717) is 31.3 Å². The van der Waals surface area contributed by atoms with Gasteiger partial charge in [-0.15, -0.1) is 0 Å². The zero-order valence-corrected chi connectivity index (χ0v) is 20.7. The van der Waals surface area contributed by atoms with Crippen LogP contribution in [0.2, 0.25) is 0 Å². The number of anilines is 1. The molecule has 2 aromatic carbocycles. The van der Waals surface area contributed by atoms with Crippen LogP contribution in [-0.4, -0.2) is 47.5 Å². The molecule has 0 saturated heterocycles. The van der Waals surface area contributed by atoms with Crippen molar-refractivity contribution in [2.24, 2.45) is 0 Å². The summed E-state index contributed by atoms with van der Waals surface area (Å²) in [5.41, 5.74) is 3.62. The summed E-state index contributed by atoms with van der Waals surface area (Å²) in [4.78, 5) is 19.3. The molecule has 0 atom stereocenters. The number of thiazole rings is 1. The molecular formula is C25H29N5O3S. The second kappa shape index (κ2) is 10.6. The fourth-order valence-electron chi connectivity index (χ4n) is 3.58. The van der Waals surface area contributed by atoms with Gasteiger partial charge in [-0.05, 0) is 50.6 Å². The molecule has 178 valence electrons. The molecule has 34 heavy (non-hydrogen) atoms. The third-order valence-electron chi connectivity index (χ3n) is 5.18. The highest BCUT2D eigenvalue weighted by Crippen LogP contribution is 2.32. The number of carbonyl (C=O) groups excluding carboxylic acids is 1. The van der Waals surface area contributed by atoms with E-state index >= 15 is 0 Å². The third kappa shape index (κ3) is 5.14. The number of carbonyl (C=O) groups is 1. The van der Waals surface area contributed by atoms with Crippen molar-refractivity contribution in [2.75, 3.05) is 31.7 Å². The Morgan fingerprint density at radius 3 is 2.56 bits per heavy atom. The highest BCUT2D eigenvalue weighted by atomic mass is 32.1. The summed E-state index contributed by atoms with van der Waals surface area (Å²) in [6.45, 7) is 7.56. The zero-order valence-electron chi connectivity index (χ0n) is 19.9. The van der Waals surface area contributed by atoms with Gasteiger partial charge in [-0.3, -0.25) is 4.79 Å². The monoisotopic (exact) mass is 479 g/mol. The highest BCUT2D eigenvalue weighted by Gasteiger charge is 2.18. The molecule has 2 aromatic heterocycles. The molecular weight excluding hydrogens is 450 g/mol. The summed E-state index contributed by atoms with van der Waals surface area (Å²) in [6.07, 6.45) is 0. The van der Waals surface area contributed by atoms with E-state index in [4.69, 9.17) is 14.5 Å². The Kier molecular flexibility index (Phi) is 7.32. The minimum absolute atomic E-state index is 0.0880. The summed E-state index contributed by atoms with van der Waals surface area (Å²) in [6, 6.07) is 15.6. The van der Waals surface area contributed by atoms with Gasteiger partial charge in [-0.2, -0.15) is 10.1 Å². The van der Waals surface area contributed by atoms with Crippen molar-refractivity contribution in [1.82, 2.24) is 20.1 Å². The molecule has 1 amide bonds. The Morgan fingerprint density at radius 1 is 1.09 bits per heavy atom. The van der Waals surface area contributed by atoms with Gasteiger partial charge in [0.05, 0.1) is 35.8 Å². The number of hydrogen-bond acceptors (Lipinski definition) is 7. The number of aromatic nitrogens is 3. The average molecular weight is 480 g/mol. The Labute approximate surface area is 203 Å². The minimum Gasteiger partial charge on any atom is -0.490 e. The van der Waals surface area contributed by atoms with E-state index in [1.165, 1.54) is 11.3 Å². The Bertz CT molecular complexity index is 1270. The number of benzene rings is 2. The Hall–Kier alpha value is -3.59. The number of aryl methyl sites for hydroxylation is 1. The van der Waals surface area contributed by atoms with E-state index in [-0.39, 0.29) is 12.5 Å². The van der Waals surface area contributed by atoms with E-state index < -0.39 is 0 Å². The van der Waals surface area contributed by atoms with Crippen LogP contribution in [0.5, 0.6) is 11.5 Å². The lowest BCUT2D eigenvalue weighted by Crippen LogP contribution is -2.34. The van der Waals surface area contributed by atoms with Gasteiger partial charge >= 0.3 is 0 Å². The lowest BCUT2D eigenvalue weighted by atomic mass is 10.2. The van der Waals surface area contributed by atoms with Crippen molar-refractivity contribution < 1.29 is 14.3 Å². The van der Waals surface area contributed by atoms with Crippen LogP contribution >= 0.6 is 11.3 Å². The topological polar surface area (TPSA) is 81.5 Å². The second-order valence-corrected chi connectivity index (χ2v) is 8.74. The molecule has 0 unspecified atom stereocenters. The van der Waals surface area contributed by atoms with Crippen LogP contribution in [0, 0.1) is 6.92 Å². The van der Waals surface area contributed by atoms with Gasteiger partial charge in [-0.1, -0.05) is 35.6 Å². The lowest BCUT2D eigenvalue weighted by molar-refractivity contribution is -0.119. The molecule has 4 rings (SSSR count). The van der Waals surface area contributed by atoms with Crippen molar-refractivity contribution in [3.8, 4) is 17.2 Å². The summed E-state index contributed by atoms with van der Waals surface area (Å²) in [5.74, 6) is 1.31. The van der Waals surface area contributed by atoms with Crippen molar-refractivity contribution >= 4 is 32.7 Å². The number of likely N-dealkylation sites (N-methyl/N-ethyl adjacent to an activating group) is 1. The molecule has 0 fully saturated rings. The van der Waals surface area contributed by atoms with Crippen LogP contribution in [0.25, 0.3) is 16.0 Å². The lowest BCUT2D eigenvalue weighted by Gasteiger charge is -2.16. The van der Waals surface area contributed by atoms with Crippen LogP contribution < -0.4 is 19.7 Å². The Morgan fingerprint density at radius 2 is 1.82 bits per heavy atom. The molecule has 0 aliphatic heterocycles. The van der Waals surface area contributed by atoms with Crippen molar-refractivity contribution in [1.29, 1.82) is 0 Å². The van der Waals surface area contributed by atoms with Crippen molar-refractivity contribution in [2.45, 2.75) is 27.3 Å². The smallest absolute Gasteiger partial charge is 0.239 e. The Balaban J connectivity index is 1.42. The van der Waals surface area contributed by atoms with Crippen LogP contribution in [0.3, 0.4) is 0 Å². The molecule has 9 heteroatoms. The van der Waals surface area contributed by atoms with Gasteiger partial charge in [0, 0.05) is 13.6 Å². The predicted octanol–water partition coefficient (Wildman–Crippen LogP) is 4.34.